The van der Waals surface area contributed by atoms with Gasteiger partial charge in [0.1, 0.15) is 16.4 Å². The maximum atomic E-state index is 13.3. The number of aromatic nitrogens is 2. The van der Waals surface area contributed by atoms with Crippen molar-refractivity contribution >= 4 is 61.4 Å². The summed E-state index contributed by atoms with van der Waals surface area (Å²) < 4.78 is 6.55. The highest BCUT2D eigenvalue weighted by Crippen LogP contribution is 2.38. The van der Waals surface area contributed by atoms with Crippen molar-refractivity contribution < 1.29 is 14.3 Å². The van der Waals surface area contributed by atoms with Crippen LogP contribution in [0.1, 0.15) is 40.6 Å². The Hall–Kier alpha value is -3.01. The quantitative estimate of drug-likeness (QED) is 0.333. The number of esters is 1. The topological polar surface area (TPSA) is 90.3 Å². The second-order valence-electron chi connectivity index (χ2n) is 8.20. The highest BCUT2D eigenvalue weighted by Gasteiger charge is 2.27. The standard InChI is InChI=1S/C25H22ClN3O4S2/c1-2-33-25(32)21-16-5-3-4-6-18(16)35-23(21)28-19(30)11-29-13-27-22-20(24(29)31)17(12-34-22)14-7-9-15(26)10-8-14/h7-10,12-13H,2-6,11H2,1H3,(H,28,30). The van der Waals surface area contributed by atoms with Crippen LogP contribution in [0.4, 0.5) is 5.00 Å². The van der Waals surface area contributed by atoms with Gasteiger partial charge in [-0.25, -0.2) is 9.78 Å². The summed E-state index contributed by atoms with van der Waals surface area (Å²) in [5.41, 5.74) is 2.73. The van der Waals surface area contributed by atoms with Crippen LogP contribution in [0.3, 0.4) is 0 Å². The van der Waals surface area contributed by atoms with E-state index in [2.05, 4.69) is 10.3 Å². The van der Waals surface area contributed by atoms with Crippen molar-refractivity contribution in [1.29, 1.82) is 0 Å². The van der Waals surface area contributed by atoms with Crippen LogP contribution >= 0.6 is 34.3 Å². The van der Waals surface area contributed by atoms with Gasteiger partial charge in [0, 0.05) is 20.8 Å². The van der Waals surface area contributed by atoms with Crippen LogP contribution in [-0.2, 0) is 28.9 Å². The van der Waals surface area contributed by atoms with Crippen molar-refractivity contribution in [3.8, 4) is 11.1 Å². The van der Waals surface area contributed by atoms with Crippen molar-refractivity contribution in [3.63, 3.8) is 0 Å². The number of nitrogens with zero attached hydrogens (tertiary/aromatic N) is 2. The minimum Gasteiger partial charge on any atom is -0.462 e. The number of nitrogens with one attached hydrogen (secondary N) is 1. The summed E-state index contributed by atoms with van der Waals surface area (Å²) in [6.45, 7) is 1.80. The van der Waals surface area contributed by atoms with E-state index in [0.717, 1.165) is 47.3 Å². The van der Waals surface area contributed by atoms with E-state index < -0.39 is 11.9 Å². The summed E-state index contributed by atoms with van der Waals surface area (Å²) in [5.74, 6) is -0.825. The number of benzene rings is 1. The fourth-order valence-corrected chi connectivity index (χ4v) is 6.64. The van der Waals surface area contributed by atoms with Crippen LogP contribution in [0, 0.1) is 0 Å². The van der Waals surface area contributed by atoms with Crippen LogP contribution in [0.25, 0.3) is 21.3 Å². The Morgan fingerprint density at radius 3 is 2.74 bits per heavy atom. The van der Waals surface area contributed by atoms with Crippen LogP contribution in [0.2, 0.25) is 5.02 Å². The van der Waals surface area contributed by atoms with E-state index in [9.17, 15) is 14.4 Å². The molecule has 1 aromatic carbocycles. The number of rotatable bonds is 6. The normalized spacial score (nSPS) is 13.0. The SMILES string of the molecule is CCOC(=O)c1c(NC(=O)Cn2cnc3scc(-c4ccc(Cl)cc4)c3c2=O)sc2c1CCCC2. The average molecular weight is 528 g/mol. The monoisotopic (exact) mass is 527 g/mol. The number of thiophene rings is 2. The van der Waals surface area contributed by atoms with E-state index in [1.165, 1.54) is 33.6 Å². The van der Waals surface area contributed by atoms with Crippen LogP contribution < -0.4 is 10.9 Å². The minimum absolute atomic E-state index is 0.220. The van der Waals surface area contributed by atoms with Crippen molar-refractivity contribution in [2.75, 3.05) is 11.9 Å². The summed E-state index contributed by atoms with van der Waals surface area (Å²) in [6.07, 6.45) is 5.12. The van der Waals surface area contributed by atoms with Crippen LogP contribution in [-0.4, -0.2) is 28.0 Å². The van der Waals surface area contributed by atoms with Crippen LogP contribution in [0.15, 0.2) is 40.8 Å². The molecule has 5 rings (SSSR count). The lowest BCUT2D eigenvalue weighted by atomic mass is 9.95. The Morgan fingerprint density at radius 2 is 1.97 bits per heavy atom. The lowest BCUT2D eigenvalue weighted by molar-refractivity contribution is -0.116. The number of anilines is 1. The van der Waals surface area contributed by atoms with Gasteiger partial charge < -0.3 is 10.1 Å². The van der Waals surface area contributed by atoms with Gasteiger partial charge in [0.25, 0.3) is 5.56 Å². The average Bonchev–Trinajstić information content (AvgIpc) is 3.43. The lowest BCUT2D eigenvalue weighted by Gasteiger charge is -2.12. The summed E-state index contributed by atoms with van der Waals surface area (Å²) in [4.78, 5) is 45.1. The van der Waals surface area contributed by atoms with Crippen molar-refractivity contribution in [2.24, 2.45) is 0 Å². The third-order valence-electron chi connectivity index (χ3n) is 5.93. The first-order valence-electron chi connectivity index (χ1n) is 11.3. The zero-order valence-electron chi connectivity index (χ0n) is 18.9. The minimum atomic E-state index is -0.423. The molecular formula is C25H22ClN3O4S2. The van der Waals surface area contributed by atoms with Gasteiger partial charge in [-0.05, 0) is 55.9 Å². The molecule has 35 heavy (non-hydrogen) atoms. The number of carbonyl (C=O) groups excluding carboxylic acids is 2. The van der Waals surface area contributed by atoms with E-state index in [-0.39, 0.29) is 18.7 Å². The molecule has 1 amide bonds. The van der Waals surface area contributed by atoms with E-state index in [1.807, 2.05) is 17.5 Å². The number of hydrogen-bond acceptors (Lipinski definition) is 7. The molecule has 0 saturated heterocycles. The number of aryl methyl sites for hydroxylation is 1. The summed E-state index contributed by atoms with van der Waals surface area (Å²) in [6, 6.07) is 7.24. The molecule has 4 aromatic rings. The maximum absolute atomic E-state index is 13.3. The molecule has 0 aliphatic heterocycles. The maximum Gasteiger partial charge on any atom is 0.341 e. The first-order valence-corrected chi connectivity index (χ1v) is 13.4. The molecule has 10 heteroatoms. The van der Waals surface area contributed by atoms with Gasteiger partial charge in [0.2, 0.25) is 5.91 Å². The Labute approximate surface area is 214 Å². The number of hydrogen-bond donors (Lipinski definition) is 1. The molecule has 1 aliphatic carbocycles. The zero-order chi connectivity index (χ0) is 24.5. The van der Waals surface area contributed by atoms with Crippen LogP contribution in [0.5, 0.6) is 0 Å². The molecule has 0 saturated carbocycles. The number of ether oxygens (including phenoxy) is 1. The highest BCUT2D eigenvalue weighted by atomic mass is 35.5. The molecule has 0 spiro atoms. The van der Waals surface area contributed by atoms with Gasteiger partial charge in [-0.2, -0.15) is 0 Å². The summed E-state index contributed by atoms with van der Waals surface area (Å²) in [5, 5.41) is 6.30. The number of fused-ring (bicyclic) bond motifs is 2. The molecule has 0 bridgehead atoms. The Morgan fingerprint density at radius 1 is 1.20 bits per heavy atom. The summed E-state index contributed by atoms with van der Waals surface area (Å²) in [7, 11) is 0. The zero-order valence-corrected chi connectivity index (χ0v) is 21.3. The van der Waals surface area contributed by atoms with Gasteiger partial charge in [-0.3, -0.25) is 14.2 Å². The molecule has 0 unspecified atom stereocenters. The molecule has 3 heterocycles. The number of carbonyl (C=O) groups is 2. The molecular weight excluding hydrogens is 506 g/mol. The molecule has 180 valence electrons. The van der Waals surface area contributed by atoms with Crippen molar-refractivity contribution in [2.45, 2.75) is 39.2 Å². The fourth-order valence-electron chi connectivity index (χ4n) is 4.32. The lowest BCUT2D eigenvalue weighted by Crippen LogP contribution is -2.28. The number of halogens is 1. The van der Waals surface area contributed by atoms with E-state index >= 15 is 0 Å². The largest absolute Gasteiger partial charge is 0.462 e. The predicted octanol–water partition coefficient (Wildman–Crippen LogP) is 5.53. The Bertz CT molecular complexity index is 1490. The van der Waals surface area contributed by atoms with Gasteiger partial charge in [0.05, 0.1) is 23.9 Å². The molecule has 0 radical (unpaired) electrons. The van der Waals surface area contributed by atoms with Gasteiger partial charge in [-0.1, -0.05) is 23.7 Å². The fraction of sp³-hybridized carbons (Fsp3) is 0.280. The Balaban J connectivity index is 1.44. The summed E-state index contributed by atoms with van der Waals surface area (Å²) >= 11 is 8.80. The highest BCUT2D eigenvalue weighted by molar-refractivity contribution is 7.17. The molecule has 1 N–H and O–H groups in total. The number of amides is 1. The van der Waals surface area contributed by atoms with Crippen molar-refractivity contribution in [1.82, 2.24) is 9.55 Å². The third-order valence-corrected chi connectivity index (χ3v) is 8.28. The first kappa shape index (κ1) is 23.7. The van der Waals surface area contributed by atoms with E-state index in [0.29, 0.717) is 25.8 Å². The van der Waals surface area contributed by atoms with Gasteiger partial charge in [-0.15, -0.1) is 22.7 Å². The first-order chi connectivity index (χ1) is 17.0. The molecule has 7 nitrogen and oxygen atoms in total. The van der Waals surface area contributed by atoms with Gasteiger partial charge >= 0.3 is 5.97 Å². The molecule has 1 aliphatic rings. The molecule has 3 aromatic heterocycles. The molecule has 0 atom stereocenters. The van der Waals surface area contributed by atoms with E-state index in [4.69, 9.17) is 16.3 Å². The van der Waals surface area contributed by atoms with E-state index in [1.54, 1.807) is 19.1 Å². The third kappa shape index (κ3) is 4.63. The second-order valence-corrected chi connectivity index (χ2v) is 10.6. The smallest absolute Gasteiger partial charge is 0.341 e. The molecule has 0 fully saturated rings. The Kier molecular flexibility index (Phi) is 6.73. The van der Waals surface area contributed by atoms with Gasteiger partial charge in [0.15, 0.2) is 0 Å². The predicted molar refractivity (Wildman–Crippen MR) is 140 cm³/mol. The second kappa shape index (κ2) is 9.93. The van der Waals surface area contributed by atoms with Crippen molar-refractivity contribution in [3.05, 3.63) is 67.4 Å².